The first-order valence-electron chi connectivity index (χ1n) is 7.85. The molecule has 0 atom stereocenters. The molecule has 0 saturated carbocycles. The highest BCUT2D eigenvalue weighted by molar-refractivity contribution is 5.64. The number of nitrogens with zero attached hydrogens (tertiary/aromatic N) is 3. The minimum Gasteiger partial charge on any atom is -0.312 e. The molecule has 22 heavy (non-hydrogen) atoms. The minimum atomic E-state index is -0.207. The van der Waals surface area contributed by atoms with Gasteiger partial charge in [-0.1, -0.05) is 0 Å². The van der Waals surface area contributed by atoms with E-state index in [4.69, 9.17) is 5.10 Å². The van der Waals surface area contributed by atoms with Crippen molar-refractivity contribution >= 4 is 0 Å². The van der Waals surface area contributed by atoms with E-state index in [9.17, 15) is 4.39 Å². The molecule has 5 heteroatoms. The van der Waals surface area contributed by atoms with E-state index in [0.29, 0.717) is 0 Å². The molecule has 1 aliphatic heterocycles. The van der Waals surface area contributed by atoms with Crippen LogP contribution in [0.2, 0.25) is 0 Å². The van der Waals surface area contributed by atoms with Crippen LogP contribution in [0.4, 0.5) is 4.39 Å². The molecule has 2 heterocycles. The lowest BCUT2D eigenvalue weighted by Gasteiger charge is -2.16. The van der Waals surface area contributed by atoms with Gasteiger partial charge in [0.05, 0.1) is 5.69 Å². The Morgan fingerprint density at radius 1 is 1.27 bits per heavy atom. The SMILES string of the molecule is CN(C)CCCn1nc(-c2ccc(F)cc2)c2c1CCNC2. The summed E-state index contributed by atoms with van der Waals surface area (Å²) in [4.78, 5) is 2.19. The zero-order chi connectivity index (χ0) is 15.5. The van der Waals surface area contributed by atoms with Crippen molar-refractivity contribution < 1.29 is 4.39 Å². The van der Waals surface area contributed by atoms with Gasteiger partial charge in [-0.2, -0.15) is 5.10 Å². The van der Waals surface area contributed by atoms with Gasteiger partial charge in [0, 0.05) is 42.9 Å². The predicted octanol–water partition coefficient (Wildman–Crippen LogP) is 2.29. The Kier molecular flexibility index (Phi) is 4.55. The fraction of sp³-hybridized carbons (Fsp3) is 0.471. The summed E-state index contributed by atoms with van der Waals surface area (Å²) in [6.07, 6.45) is 2.09. The average molecular weight is 302 g/mol. The molecule has 1 N–H and O–H groups in total. The molecule has 0 aliphatic carbocycles. The first kappa shape index (κ1) is 15.2. The highest BCUT2D eigenvalue weighted by Gasteiger charge is 2.21. The molecule has 0 amide bonds. The molecule has 0 bridgehead atoms. The van der Waals surface area contributed by atoms with E-state index in [1.807, 2.05) is 12.1 Å². The van der Waals surface area contributed by atoms with Crippen LogP contribution >= 0.6 is 0 Å². The highest BCUT2D eigenvalue weighted by Crippen LogP contribution is 2.28. The molecule has 1 aromatic carbocycles. The van der Waals surface area contributed by atoms with E-state index in [1.165, 1.54) is 23.4 Å². The van der Waals surface area contributed by atoms with E-state index >= 15 is 0 Å². The van der Waals surface area contributed by atoms with Crippen LogP contribution in [0.25, 0.3) is 11.3 Å². The van der Waals surface area contributed by atoms with E-state index in [1.54, 1.807) is 0 Å². The van der Waals surface area contributed by atoms with E-state index in [-0.39, 0.29) is 5.82 Å². The smallest absolute Gasteiger partial charge is 0.123 e. The molecular formula is C17H23FN4. The van der Waals surface area contributed by atoms with E-state index in [2.05, 4.69) is 29.0 Å². The molecule has 0 unspecified atom stereocenters. The van der Waals surface area contributed by atoms with Gasteiger partial charge >= 0.3 is 0 Å². The fourth-order valence-electron chi connectivity index (χ4n) is 2.98. The quantitative estimate of drug-likeness (QED) is 0.920. The van der Waals surface area contributed by atoms with Crippen LogP contribution in [-0.2, 0) is 19.5 Å². The third kappa shape index (κ3) is 3.20. The summed E-state index contributed by atoms with van der Waals surface area (Å²) < 4.78 is 15.3. The highest BCUT2D eigenvalue weighted by atomic mass is 19.1. The summed E-state index contributed by atoms with van der Waals surface area (Å²) in [5, 5.41) is 8.24. The normalized spacial score (nSPS) is 14.4. The molecule has 2 aromatic rings. The van der Waals surface area contributed by atoms with Crippen LogP contribution in [0, 0.1) is 5.82 Å². The second-order valence-corrected chi connectivity index (χ2v) is 6.09. The standard InChI is InChI=1S/C17H23FN4/c1-21(2)10-3-11-22-16-8-9-19-12-15(16)17(20-22)13-4-6-14(18)7-5-13/h4-7,19H,3,8-12H2,1-2H3. The van der Waals surface area contributed by atoms with Gasteiger partial charge in [-0.25, -0.2) is 4.39 Å². The molecule has 118 valence electrons. The Balaban J connectivity index is 1.90. The maximum Gasteiger partial charge on any atom is 0.123 e. The van der Waals surface area contributed by atoms with Crippen LogP contribution in [0.5, 0.6) is 0 Å². The van der Waals surface area contributed by atoms with E-state index in [0.717, 1.165) is 50.3 Å². The van der Waals surface area contributed by atoms with Gasteiger partial charge in [0.1, 0.15) is 5.82 Å². The maximum absolute atomic E-state index is 13.1. The van der Waals surface area contributed by atoms with Gasteiger partial charge in [0.15, 0.2) is 0 Å². The zero-order valence-electron chi connectivity index (χ0n) is 13.3. The number of fused-ring (bicyclic) bond motifs is 1. The first-order valence-corrected chi connectivity index (χ1v) is 7.85. The van der Waals surface area contributed by atoms with Gasteiger partial charge in [-0.3, -0.25) is 4.68 Å². The molecule has 3 rings (SSSR count). The van der Waals surface area contributed by atoms with Crippen molar-refractivity contribution in [3.05, 3.63) is 41.3 Å². The average Bonchev–Trinajstić information content (AvgIpc) is 2.87. The van der Waals surface area contributed by atoms with Crippen molar-refractivity contribution in [2.45, 2.75) is 25.9 Å². The Bertz CT molecular complexity index is 631. The van der Waals surface area contributed by atoms with Crippen molar-refractivity contribution in [1.29, 1.82) is 0 Å². The maximum atomic E-state index is 13.1. The minimum absolute atomic E-state index is 0.207. The van der Waals surface area contributed by atoms with Crippen LogP contribution in [0.15, 0.2) is 24.3 Å². The topological polar surface area (TPSA) is 33.1 Å². The van der Waals surface area contributed by atoms with Gasteiger partial charge in [-0.05, 0) is 51.3 Å². The number of benzene rings is 1. The van der Waals surface area contributed by atoms with Crippen molar-refractivity contribution in [2.75, 3.05) is 27.2 Å². The lowest BCUT2D eigenvalue weighted by molar-refractivity contribution is 0.377. The molecule has 0 fully saturated rings. The zero-order valence-corrected chi connectivity index (χ0v) is 13.3. The van der Waals surface area contributed by atoms with Crippen molar-refractivity contribution in [3.8, 4) is 11.3 Å². The Morgan fingerprint density at radius 2 is 2.05 bits per heavy atom. The lowest BCUT2D eigenvalue weighted by atomic mass is 10.0. The third-order valence-corrected chi connectivity index (χ3v) is 4.10. The second-order valence-electron chi connectivity index (χ2n) is 6.09. The monoisotopic (exact) mass is 302 g/mol. The molecule has 4 nitrogen and oxygen atoms in total. The second kappa shape index (κ2) is 6.58. The number of nitrogens with one attached hydrogen (secondary N) is 1. The summed E-state index contributed by atoms with van der Waals surface area (Å²) in [5.41, 5.74) is 4.58. The summed E-state index contributed by atoms with van der Waals surface area (Å²) in [6.45, 7) is 3.82. The Labute approximate surface area is 130 Å². The van der Waals surface area contributed by atoms with Crippen LogP contribution in [0.1, 0.15) is 17.7 Å². The van der Waals surface area contributed by atoms with Gasteiger partial charge in [-0.15, -0.1) is 0 Å². The number of hydrogen-bond acceptors (Lipinski definition) is 3. The molecule has 1 aliphatic rings. The molecule has 0 spiro atoms. The number of halogens is 1. The summed E-state index contributed by atoms with van der Waals surface area (Å²) >= 11 is 0. The molecule has 0 saturated heterocycles. The number of rotatable bonds is 5. The molecular weight excluding hydrogens is 279 g/mol. The number of aryl methyl sites for hydroxylation is 1. The van der Waals surface area contributed by atoms with Crippen LogP contribution < -0.4 is 5.32 Å². The third-order valence-electron chi connectivity index (χ3n) is 4.10. The van der Waals surface area contributed by atoms with Gasteiger partial charge in [0.25, 0.3) is 0 Å². The summed E-state index contributed by atoms with van der Waals surface area (Å²) in [6, 6.07) is 6.64. The van der Waals surface area contributed by atoms with Crippen LogP contribution in [-0.4, -0.2) is 41.9 Å². The van der Waals surface area contributed by atoms with Crippen molar-refractivity contribution in [3.63, 3.8) is 0 Å². The van der Waals surface area contributed by atoms with Crippen LogP contribution in [0.3, 0.4) is 0 Å². The summed E-state index contributed by atoms with van der Waals surface area (Å²) in [7, 11) is 4.18. The van der Waals surface area contributed by atoms with Crippen molar-refractivity contribution in [1.82, 2.24) is 20.0 Å². The predicted molar refractivity (Wildman–Crippen MR) is 86.2 cm³/mol. The fourth-order valence-corrected chi connectivity index (χ4v) is 2.98. The number of hydrogen-bond donors (Lipinski definition) is 1. The lowest BCUT2D eigenvalue weighted by Crippen LogP contribution is -2.25. The summed E-state index contributed by atoms with van der Waals surface area (Å²) in [5.74, 6) is -0.207. The molecule has 1 aromatic heterocycles. The van der Waals surface area contributed by atoms with E-state index < -0.39 is 0 Å². The van der Waals surface area contributed by atoms with Gasteiger partial charge < -0.3 is 10.2 Å². The largest absolute Gasteiger partial charge is 0.312 e. The Hall–Kier alpha value is -1.72. The number of aromatic nitrogens is 2. The Morgan fingerprint density at radius 3 is 2.77 bits per heavy atom. The van der Waals surface area contributed by atoms with Gasteiger partial charge in [0.2, 0.25) is 0 Å². The van der Waals surface area contributed by atoms with Crippen molar-refractivity contribution in [2.24, 2.45) is 0 Å². The molecule has 0 radical (unpaired) electrons. The first-order chi connectivity index (χ1) is 10.6.